The summed E-state index contributed by atoms with van der Waals surface area (Å²) in [5, 5.41) is 12.1. The van der Waals surface area contributed by atoms with Crippen molar-refractivity contribution in [3.63, 3.8) is 0 Å². The van der Waals surface area contributed by atoms with Crippen molar-refractivity contribution in [3.05, 3.63) is 48.2 Å². The zero-order valence-electron chi connectivity index (χ0n) is 9.75. The van der Waals surface area contributed by atoms with Gasteiger partial charge in [0, 0.05) is 16.8 Å². The standard InChI is InChI=1S/C13H12N2O2S/c1-18-10-5-2-4-9(8-10)15-12-11(13(16)17)6-3-7-14-12/h2-8H,1H3,(H,14,15)(H,16,17). The number of carbonyl (C=O) groups is 1. The molecule has 0 aliphatic rings. The van der Waals surface area contributed by atoms with Crippen LogP contribution in [-0.4, -0.2) is 22.3 Å². The second-order valence-corrected chi connectivity index (χ2v) is 4.44. The molecule has 1 aromatic heterocycles. The van der Waals surface area contributed by atoms with Crippen LogP contribution in [0.1, 0.15) is 10.4 Å². The van der Waals surface area contributed by atoms with Gasteiger partial charge in [-0.3, -0.25) is 0 Å². The highest BCUT2D eigenvalue weighted by atomic mass is 32.2. The molecular formula is C13H12N2O2S. The number of nitrogens with zero attached hydrogens (tertiary/aromatic N) is 1. The fourth-order valence-electron chi connectivity index (χ4n) is 1.52. The normalized spacial score (nSPS) is 10.1. The molecule has 92 valence electrons. The Morgan fingerprint density at radius 3 is 2.89 bits per heavy atom. The van der Waals surface area contributed by atoms with Crippen LogP contribution < -0.4 is 5.32 Å². The summed E-state index contributed by atoms with van der Waals surface area (Å²) in [5.41, 5.74) is 0.982. The Labute approximate surface area is 109 Å². The Hall–Kier alpha value is -2.01. The van der Waals surface area contributed by atoms with Crippen LogP contribution in [0, 0.1) is 0 Å². The minimum atomic E-state index is -0.994. The zero-order chi connectivity index (χ0) is 13.0. The molecule has 1 aromatic carbocycles. The van der Waals surface area contributed by atoms with Crippen molar-refractivity contribution in [3.8, 4) is 0 Å². The molecule has 0 bridgehead atoms. The fraction of sp³-hybridized carbons (Fsp3) is 0.0769. The number of hydrogen-bond acceptors (Lipinski definition) is 4. The van der Waals surface area contributed by atoms with Crippen LogP contribution in [0.5, 0.6) is 0 Å². The maximum atomic E-state index is 11.1. The average molecular weight is 260 g/mol. The first kappa shape index (κ1) is 12.4. The summed E-state index contributed by atoms with van der Waals surface area (Å²) >= 11 is 1.63. The topological polar surface area (TPSA) is 62.2 Å². The Kier molecular flexibility index (Phi) is 3.84. The molecular weight excluding hydrogens is 248 g/mol. The van der Waals surface area contributed by atoms with Gasteiger partial charge >= 0.3 is 5.97 Å². The number of pyridine rings is 1. The highest BCUT2D eigenvalue weighted by molar-refractivity contribution is 7.98. The molecule has 0 radical (unpaired) electrons. The summed E-state index contributed by atoms with van der Waals surface area (Å²) in [6.07, 6.45) is 3.55. The molecule has 0 saturated heterocycles. The molecule has 0 spiro atoms. The van der Waals surface area contributed by atoms with Gasteiger partial charge in [-0.1, -0.05) is 6.07 Å². The minimum absolute atomic E-state index is 0.159. The monoisotopic (exact) mass is 260 g/mol. The van der Waals surface area contributed by atoms with Crippen LogP contribution in [0.2, 0.25) is 0 Å². The van der Waals surface area contributed by atoms with Crippen molar-refractivity contribution < 1.29 is 9.90 Å². The second kappa shape index (κ2) is 5.55. The van der Waals surface area contributed by atoms with Gasteiger partial charge in [0.25, 0.3) is 0 Å². The van der Waals surface area contributed by atoms with E-state index < -0.39 is 5.97 Å². The Morgan fingerprint density at radius 1 is 1.33 bits per heavy atom. The van der Waals surface area contributed by atoms with Crippen molar-refractivity contribution in [2.24, 2.45) is 0 Å². The number of anilines is 2. The molecule has 1 heterocycles. The molecule has 2 rings (SSSR count). The molecule has 0 saturated carbocycles. The first-order chi connectivity index (χ1) is 8.70. The Bertz CT molecular complexity index is 572. The average Bonchev–Trinajstić information content (AvgIpc) is 2.39. The molecule has 0 atom stereocenters. The van der Waals surface area contributed by atoms with Gasteiger partial charge in [-0.25, -0.2) is 9.78 Å². The van der Waals surface area contributed by atoms with E-state index in [0.29, 0.717) is 5.82 Å². The lowest BCUT2D eigenvalue weighted by Crippen LogP contribution is -2.04. The number of hydrogen-bond donors (Lipinski definition) is 2. The number of nitrogens with one attached hydrogen (secondary N) is 1. The molecule has 0 fully saturated rings. The number of carboxylic acid groups (broad SMARTS) is 1. The minimum Gasteiger partial charge on any atom is -0.478 e. The third-order valence-electron chi connectivity index (χ3n) is 2.37. The summed E-state index contributed by atoms with van der Waals surface area (Å²) in [5.74, 6) is -0.644. The molecule has 0 amide bonds. The van der Waals surface area contributed by atoms with E-state index in [1.807, 2.05) is 30.5 Å². The number of aromatic carboxylic acids is 1. The van der Waals surface area contributed by atoms with Crippen LogP contribution in [-0.2, 0) is 0 Å². The van der Waals surface area contributed by atoms with Crippen LogP contribution in [0.25, 0.3) is 0 Å². The quantitative estimate of drug-likeness (QED) is 0.826. The van der Waals surface area contributed by atoms with Crippen LogP contribution >= 0.6 is 11.8 Å². The van der Waals surface area contributed by atoms with Gasteiger partial charge in [-0.05, 0) is 36.6 Å². The first-order valence-corrected chi connectivity index (χ1v) is 6.52. The summed E-state index contributed by atoms with van der Waals surface area (Å²) in [7, 11) is 0. The van der Waals surface area contributed by atoms with Crippen molar-refractivity contribution in [1.29, 1.82) is 0 Å². The third kappa shape index (κ3) is 2.81. The predicted octanol–water partition coefficient (Wildman–Crippen LogP) is 3.25. The van der Waals surface area contributed by atoms with Gasteiger partial charge in [0.1, 0.15) is 11.4 Å². The predicted molar refractivity (Wildman–Crippen MR) is 72.7 cm³/mol. The van der Waals surface area contributed by atoms with Crippen LogP contribution in [0.15, 0.2) is 47.5 Å². The summed E-state index contributed by atoms with van der Waals surface area (Å²) in [4.78, 5) is 16.2. The number of benzene rings is 1. The van der Waals surface area contributed by atoms with E-state index in [4.69, 9.17) is 5.11 Å². The van der Waals surface area contributed by atoms with Crippen molar-refractivity contribution in [2.45, 2.75) is 4.90 Å². The highest BCUT2D eigenvalue weighted by Gasteiger charge is 2.10. The van der Waals surface area contributed by atoms with Crippen molar-refractivity contribution in [2.75, 3.05) is 11.6 Å². The molecule has 4 nitrogen and oxygen atoms in total. The lowest BCUT2D eigenvalue weighted by atomic mass is 10.2. The summed E-state index contributed by atoms with van der Waals surface area (Å²) in [6, 6.07) is 10.9. The maximum Gasteiger partial charge on any atom is 0.339 e. The van der Waals surface area contributed by atoms with Crippen LogP contribution in [0.3, 0.4) is 0 Å². The van der Waals surface area contributed by atoms with Gasteiger partial charge in [-0.15, -0.1) is 11.8 Å². The largest absolute Gasteiger partial charge is 0.478 e. The maximum absolute atomic E-state index is 11.1. The van der Waals surface area contributed by atoms with Gasteiger partial charge in [0.05, 0.1) is 0 Å². The van der Waals surface area contributed by atoms with E-state index in [1.54, 1.807) is 24.0 Å². The van der Waals surface area contributed by atoms with Crippen LogP contribution in [0.4, 0.5) is 11.5 Å². The fourth-order valence-corrected chi connectivity index (χ4v) is 1.97. The zero-order valence-corrected chi connectivity index (χ0v) is 10.6. The van der Waals surface area contributed by atoms with E-state index >= 15 is 0 Å². The SMILES string of the molecule is CSc1cccc(Nc2ncccc2C(=O)O)c1. The van der Waals surface area contributed by atoms with E-state index in [0.717, 1.165) is 10.6 Å². The molecule has 2 N–H and O–H groups in total. The van der Waals surface area contributed by atoms with Crippen molar-refractivity contribution >= 4 is 29.2 Å². The summed E-state index contributed by atoms with van der Waals surface area (Å²) in [6.45, 7) is 0. The van der Waals surface area contributed by atoms with Gasteiger partial charge in [-0.2, -0.15) is 0 Å². The lowest BCUT2D eigenvalue weighted by Gasteiger charge is -2.08. The van der Waals surface area contributed by atoms with Gasteiger partial charge in [0.2, 0.25) is 0 Å². The lowest BCUT2D eigenvalue weighted by molar-refractivity contribution is 0.0697. The number of carboxylic acids is 1. The summed E-state index contributed by atoms with van der Waals surface area (Å²) < 4.78 is 0. The molecule has 0 aliphatic carbocycles. The number of thioether (sulfide) groups is 1. The highest BCUT2D eigenvalue weighted by Crippen LogP contribution is 2.23. The Morgan fingerprint density at radius 2 is 2.17 bits per heavy atom. The molecule has 2 aromatic rings. The van der Waals surface area contributed by atoms with Crippen molar-refractivity contribution in [1.82, 2.24) is 4.98 Å². The first-order valence-electron chi connectivity index (χ1n) is 5.30. The van der Waals surface area contributed by atoms with Gasteiger partial charge < -0.3 is 10.4 Å². The smallest absolute Gasteiger partial charge is 0.339 e. The molecule has 0 aliphatic heterocycles. The van der Waals surface area contributed by atoms with E-state index in [2.05, 4.69) is 10.3 Å². The Balaban J connectivity index is 2.31. The number of aromatic nitrogens is 1. The molecule has 5 heteroatoms. The molecule has 0 unspecified atom stereocenters. The van der Waals surface area contributed by atoms with Gasteiger partial charge in [0.15, 0.2) is 0 Å². The third-order valence-corrected chi connectivity index (χ3v) is 3.10. The second-order valence-electron chi connectivity index (χ2n) is 3.56. The molecule has 18 heavy (non-hydrogen) atoms. The van der Waals surface area contributed by atoms with E-state index in [1.165, 1.54) is 6.07 Å². The van der Waals surface area contributed by atoms with E-state index in [9.17, 15) is 4.79 Å². The number of rotatable bonds is 4. The van der Waals surface area contributed by atoms with E-state index in [-0.39, 0.29) is 5.56 Å².